The van der Waals surface area contributed by atoms with Crippen molar-refractivity contribution in [3.8, 4) is 0 Å². The van der Waals surface area contributed by atoms with E-state index in [1.54, 1.807) is 18.0 Å². The number of nitrogen functional groups attached to an aromatic ring is 1. The number of aromatic nitrogens is 2. The van der Waals surface area contributed by atoms with Crippen LogP contribution >= 0.6 is 0 Å². The van der Waals surface area contributed by atoms with Crippen LogP contribution in [-0.4, -0.2) is 45.6 Å². The molecule has 0 fully saturated rings. The molecule has 2 aromatic carbocycles. The van der Waals surface area contributed by atoms with Crippen LogP contribution in [0.15, 0.2) is 42.5 Å². The van der Waals surface area contributed by atoms with Gasteiger partial charge < -0.3 is 20.9 Å². The lowest BCUT2D eigenvalue weighted by Gasteiger charge is -2.16. The Kier molecular flexibility index (Phi) is 6.15. The number of nitrogens with zero attached hydrogens (tertiary/aromatic N) is 3. The minimum atomic E-state index is -0.115. The summed E-state index contributed by atoms with van der Waals surface area (Å²) in [6, 6.07) is 13.2. The number of benzene rings is 2. The molecule has 1 amide bonds. The molecule has 0 unspecified atom stereocenters. The molecular formula is C22H27N7O. The highest BCUT2D eigenvalue weighted by atomic mass is 16.2. The zero-order valence-electron chi connectivity index (χ0n) is 17.3. The summed E-state index contributed by atoms with van der Waals surface area (Å²) in [4.78, 5) is 18.9. The molecule has 6 N–H and O–H groups in total. The van der Waals surface area contributed by atoms with E-state index in [4.69, 9.17) is 27.3 Å². The van der Waals surface area contributed by atoms with Gasteiger partial charge in [-0.1, -0.05) is 24.3 Å². The second-order valence-corrected chi connectivity index (χ2v) is 7.40. The summed E-state index contributed by atoms with van der Waals surface area (Å²) in [6.45, 7) is 0.405. The number of amides is 1. The topological polar surface area (TPSA) is 138 Å². The monoisotopic (exact) mass is 405 g/mol. The first-order chi connectivity index (χ1) is 14.3. The molecule has 1 heterocycles. The number of aryl methyl sites for hydroxylation is 3. The number of hydrogen-bond acceptors (Lipinski definition) is 4. The van der Waals surface area contributed by atoms with Gasteiger partial charge in [-0.25, -0.2) is 4.98 Å². The lowest BCUT2D eigenvalue weighted by Crippen LogP contribution is -2.30. The van der Waals surface area contributed by atoms with E-state index in [2.05, 4.69) is 0 Å². The lowest BCUT2D eigenvalue weighted by molar-refractivity contribution is 0.0799. The highest BCUT2D eigenvalue weighted by Gasteiger charge is 2.15. The third kappa shape index (κ3) is 4.65. The van der Waals surface area contributed by atoms with Crippen LogP contribution in [0.2, 0.25) is 0 Å². The molecule has 8 nitrogen and oxygen atoms in total. The number of nitrogens with one attached hydrogen (secondary N) is 2. The van der Waals surface area contributed by atoms with Crippen LogP contribution in [0, 0.1) is 10.8 Å². The Balaban J connectivity index is 1.74. The molecule has 0 aliphatic rings. The number of fused-ring (bicyclic) bond motifs is 1. The molecule has 0 aliphatic heterocycles. The van der Waals surface area contributed by atoms with Crippen molar-refractivity contribution in [3.63, 3.8) is 0 Å². The summed E-state index contributed by atoms with van der Waals surface area (Å²) in [5.41, 5.74) is 15.1. The summed E-state index contributed by atoms with van der Waals surface area (Å²) in [7, 11) is 3.68. The zero-order chi connectivity index (χ0) is 21.8. The molecule has 3 rings (SSSR count). The molecule has 3 aromatic rings. The number of hydrogen-bond donors (Lipinski definition) is 4. The highest BCUT2D eigenvalue weighted by Crippen LogP contribution is 2.19. The Bertz CT molecular complexity index is 1100. The minimum Gasteiger partial charge on any atom is -0.388 e. The maximum absolute atomic E-state index is 12.6. The third-order valence-corrected chi connectivity index (χ3v) is 5.19. The number of carbonyl (C=O) groups excluding carboxylic acids is 1. The van der Waals surface area contributed by atoms with Gasteiger partial charge >= 0.3 is 0 Å². The van der Waals surface area contributed by atoms with Gasteiger partial charge in [0.2, 0.25) is 0 Å². The van der Waals surface area contributed by atoms with E-state index in [1.807, 2.05) is 48.0 Å². The van der Waals surface area contributed by atoms with Gasteiger partial charge in [-0.2, -0.15) is 0 Å². The normalized spacial score (nSPS) is 10.9. The molecular weight excluding hydrogens is 378 g/mol. The second kappa shape index (κ2) is 8.77. The van der Waals surface area contributed by atoms with Crippen molar-refractivity contribution in [1.82, 2.24) is 14.5 Å². The predicted octanol–water partition coefficient (Wildman–Crippen LogP) is 2.04. The van der Waals surface area contributed by atoms with E-state index in [1.165, 1.54) is 0 Å². The molecule has 0 aliphatic carbocycles. The van der Waals surface area contributed by atoms with Crippen LogP contribution < -0.4 is 11.5 Å². The van der Waals surface area contributed by atoms with Crippen LogP contribution in [0.1, 0.15) is 33.7 Å². The molecule has 0 spiro atoms. The van der Waals surface area contributed by atoms with Crippen molar-refractivity contribution in [2.24, 2.45) is 18.5 Å². The molecule has 156 valence electrons. The van der Waals surface area contributed by atoms with Gasteiger partial charge in [0.25, 0.3) is 5.91 Å². The minimum absolute atomic E-state index is 0.0641. The lowest BCUT2D eigenvalue weighted by atomic mass is 10.1. The van der Waals surface area contributed by atoms with Gasteiger partial charge in [0.05, 0.1) is 16.9 Å². The van der Waals surface area contributed by atoms with E-state index in [-0.39, 0.29) is 17.6 Å². The molecule has 0 saturated carbocycles. The molecule has 1 aromatic heterocycles. The number of nitrogens with two attached hydrogens (primary N) is 2. The van der Waals surface area contributed by atoms with Gasteiger partial charge in [-0.3, -0.25) is 15.6 Å². The van der Waals surface area contributed by atoms with E-state index in [0.717, 1.165) is 35.3 Å². The molecule has 30 heavy (non-hydrogen) atoms. The van der Waals surface area contributed by atoms with Crippen LogP contribution in [0.5, 0.6) is 0 Å². The van der Waals surface area contributed by atoms with Crippen molar-refractivity contribution in [2.75, 3.05) is 13.6 Å². The van der Waals surface area contributed by atoms with Crippen molar-refractivity contribution in [3.05, 3.63) is 65.0 Å². The Hall–Kier alpha value is -3.68. The fourth-order valence-corrected chi connectivity index (χ4v) is 3.32. The summed E-state index contributed by atoms with van der Waals surface area (Å²) >= 11 is 0. The van der Waals surface area contributed by atoms with Crippen molar-refractivity contribution >= 4 is 28.6 Å². The third-order valence-electron chi connectivity index (χ3n) is 5.19. The Morgan fingerprint density at radius 3 is 2.37 bits per heavy atom. The smallest absolute Gasteiger partial charge is 0.253 e. The van der Waals surface area contributed by atoms with Gasteiger partial charge in [0.15, 0.2) is 0 Å². The average Bonchev–Trinajstić information content (AvgIpc) is 3.05. The molecule has 0 atom stereocenters. The van der Waals surface area contributed by atoms with E-state index >= 15 is 0 Å². The summed E-state index contributed by atoms with van der Waals surface area (Å²) in [5, 5.41) is 14.8. The SMILES string of the molecule is CN(CCC(=N)N)C(=O)c1ccc2c(c1)nc(CCc1ccc(C(=N)N)cc1)n2C. The van der Waals surface area contributed by atoms with Gasteiger partial charge in [0.1, 0.15) is 11.7 Å². The second-order valence-electron chi connectivity index (χ2n) is 7.40. The molecule has 0 bridgehead atoms. The van der Waals surface area contributed by atoms with Crippen LogP contribution in [-0.2, 0) is 19.9 Å². The molecule has 0 radical (unpaired) electrons. The number of rotatable bonds is 8. The predicted molar refractivity (Wildman–Crippen MR) is 119 cm³/mol. The van der Waals surface area contributed by atoms with Gasteiger partial charge in [-0.05, 0) is 30.2 Å². The standard InChI is InChI=1S/C22H27N7O/c1-28(12-11-19(23)24)22(30)16-8-9-18-17(13-16)27-20(29(18)2)10-5-14-3-6-15(7-4-14)21(25)26/h3-4,6-9,13H,5,10-12H2,1-2H3,(H3,23,24)(H3,25,26). The Labute approximate surface area is 175 Å². The highest BCUT2D eigenvalue weighted by molar-refractivity contribution is 5.97. The van der Waals surface area contributed by atoms with E-state index in [0.29, 0.717) is 24.1 Å². The van der Waals surface area contributed by atoms with Gasteiger partial charge in [0, 0.05) is 44.6 Å². The fraction of sp³-hybridized carbons (Fsp3) is 0.273. The van der Waals surface area contributed by atoms with Crippen LogP contribution in [0.25, 0.3) is 11.0 Å². The first-order valence-corrected chi connectivity index (χ1v) is 9.73. The fourth-order valence-electron chi connectivity index (χ4n) is 3.32. The van der Waals surface area contributed by atoms with Crippen molar-refractivity contribution < 1.29 is 4.79 Å². The first kappa shape index (κ1) is 21.0. The number of carbonyl (C=O) groups is 1. The quantitative estimate of drug-likeness (QED) is 0.336. The zero-order valence-corrected chi connectivity index (χ0v) is 17.3. The summed E-state index contributed by atoms with van der Waals surface area (Å²) < 4.78 is 2.05. The molecule has 0 saturated heterocycles. The summed E-state index contributed by atoms with van der Waals surface area (Å²) in [5.74, 6) is 0.954. The average molecular weight is 406 g/mol. The largest absolute Gasteiger partial charge is 0.388 e. The van der Waals surface area contributed by atoms with E-state index < -0.39 is 0 Å². The van der Waals surface area contributed by atoms with Crippen LogP contribution in [0.4, 0.5) is 0 Å². The van der Waals surface area contributed by atoms with E-state index in [9.17, 15) is 4.79 Å². The molecule has 8 heteroatoms. The number of amidine groups is 2. The first-order valence-electron chi connectivity index (χ1n) is 9.73. The Morgan fingerprint density at radius 1 is 1.07 bits per heavy atom. The van der Waals surface area contributed by atoms with Crippen LogP contribution in [0.3, 0.4) is 0 Å². The maximum atomic E-state index is 12.6. The number of imidazole rings is 1. The van der Waals surface area contributed by atoms with Crippen molar-refractivity contribution in [1.29, 1.82) is 10.8 Å². The van der Waals surface area contributed by atoms with Gasteiger partial charge in [-0.15, -0.1) is 0 Å². The van der Waals surface area contributed by atoms with Crippen molar-refractivity contribution in [2.45, 2.75) is 19.3 Å². The maximum Gasteiger partial charge on any atom is 0.253 e. The summed E-state index contributed by atoms with van der Waals surface area (Å²) in [6.07, 6.45) is 1.92. The Morgan fingerprint density at radius 2 is 1.73 bits per heavy atom.